The van der Waals surface area contributed by atoms with Gasteiger partial charge >= 0.3 is 6.18 Å². The van der Waals surface area contributed by atoms with Gasteiger partial charge in [0.2, 0.25) is 11.9 Å². The van der Waals surface area contributed by atoms with E-state index in [4.69, 9.17) is 0 Å². The van der Waals surface area contributed by atoms with Crippen LogP contribution in [-0.2, 0) is 20.0 Å². The first-order chi connectivity index (χ1) is 18.2. The van der Waals surface area contributed by atoms with E-state index in [1.54, 1.807) is 18.3 Å². The van der Waals surface area contributed by atoms with Gasteiger partial charge in [0.15, 0.2) is 11.7 Å². The van der Waals surface area contributed by atoms with Crippen molar-refractivity contribution in [2.45, 2.75) is 63.1 Å². The van der Waals surface area contributed by atoms with Crippen LogP contribution in [0, 0.1) is 11.4 Å². The molecule has 0 saturated carbocycles. The van der Waals surface area contributed by atoms with E-state index in [-0.39, 0.29) is 54.2 Å². The van der Waals surface area contributed by atoms with Gasteiger partial charge in [0.05, 0.1) is 22.6 Å². The third-order valence-corrected chi connectivity index (χ3v) is 10.5. The summed E-state index contributed by atoms with van der Waals surface area (Å²) in [5, 5.41) is 3.96. The number of sulfone groups is 1. The van der Waals surface area contributed by atoms with Crippen molar-refractivity contribution in [2.24, 2.45) is 5.41 Å². The molecule has 39 heavy (non-hydrogen) atoms. The molecule has 0 N–H and O–H groups in total. The zero-order valence-electron chi connectivity index (χ0n) is 21.5. The molecule has 0 radical (unpaired) electrons. The summed E-state index contributed by atoms with van der Waals surface area (Å²) in [6.45, 7) is 3.96. The predicted octanol–water partition coefficient (Wildman–Crippen LogP) is 4.71. The Labute approximate surface area is 223 Å². The highest BCUT2D eigenvalue weighted by atomic mass is 32.2. The van der Waals surface area contributed by atoms with Crippen LogP contribution < -0.4 is 0 Å². The number of hydrogen-bond acceptors (Lipinski definition) is 5. The smallest absolute Gasteiger partial charge is 0.326 e. The lowest BCUT2D eigenvalue weighted by molar-refractivity contribution is -0.190. The van der Waals surface area contributed by atoms with Crippen LogP contribution in [0.2, 0.25) is 0 Å². The Hall–Kier alpha value is -3.02. The number of hydrogen-bond donors (Lipinski definition) is 0. The Balaban J connectivity index is 1.31. The van der Waals surface area contributed by atoms with Gasteiger partial charge in [0, 0.05) is 35.7 Å². The Morgan fingerprint density at radius 2 is 1.74 bits per heavy atom. The average molecular weight is 565 g/mol. The van der Waals surface area contributed by atoms with Gasteiger partial charge in [-0.25, -0.2) is 17.9 Å². The SMILES string of the molecule is CC1(C)C[C@@H](c2ccc([C@H](N3CCC4(CCS(=O)(=O)CC4)C3=O)C(F)(F)F)cc2)c2cnc3cc(F)nn3c21. The highest BCUT2D eigenvalue weighted by Gasteiger charge is 2.56. The largest absolute Gasteiger partial charge is 0.413 e. The average Bonchev–Trinajstić information content (AvgIpc) is 3.47. The molecule has 2 atom stereocenters. The normalized spacial score (nSPS) is 24.4. The van der Waals surface area contributed by atoms with Gasteiger partial charge in [-0.3, -0.25) is 4.79 Å². The van der Waals surface area contributed by atoms with Crippen LogP contribution in [0.25, 0.3) is 5.65 Å². The lowest BCUT2D eigenvalue weighted by Gasteiger charge is -2.35. The summed E-state index contributed by atoms with van der Waals surface area (Å²) in [6.07, 6.45) is -2.04. The van der Waals surface area contributed by atoms with E-state index < -0.39 is 39.3 Å². The molecule has 2 fully saturated rings. The fourth-order valence-electron chi connectivity index (χ4n) is 6.81. The van der Waals surface area contributed by atoms with Crippen molar-refractivity contribution in [3.05, 3.63) is 64.9 Å². The van der Waals surface area contributed by atoms with E-state index in [1.807, 2.05) is 13.8 Å². The lowest BCUT2D eigenvalue weighted by atomic mass is 9.80. The molecule has 0 unspecified atom stereocenters. The molecule has 4 heterocycles. The van der Waals surface area contributed by atoms with Crippen LogP contribution in [0.3, 0.4) is 0 Å². The summed E-state index contributed by atoms with van der Waals surface area (Å²) < 4.78 is 82.4. The maximum absolute atomic E-state index is 14.4. The molecule has 1 amide bonds. The minimum Gasteiger partial charge on any atom is -0.326 e. The second-order valence-corrected chi connectivity index (χ2v) is 14.0. The van der Waals surface area contributed by atoms with E-state index in [1.165, 1.54) is 22.7 Å². The highest BCUT2D eigenvalue weighted by molar-refractivity contribution is 7.91. The van der Waals surface area contributed by atoms with Gasteiger partial charge in [-0.15, -0.1) is 5.10 Å². The number of halogens is 4. The van der Waals surface area contributed by atoms with Gasteiger partial charge < -0.3 is 4.90 Å². The van der Waals surface area contributed by atoms with Crippen molar-refractivity contribution in [2.75, 3.05) is 18.1 Å². The number of alkyl halides is 3. The topological polar surface area (TPSA) is 84.6 Å². The second-order valence-electron chi connectivity index (χ2n) is 11.7. The van der Waals surface area contributed by atoms with Crippen LogP contribution in [0.5, 0.6) is 0 Å². The van der Waals surface area contributed by atoms with Crippen molar-refractivity contribution in [3.63, 3.8) is 0 Å². The van der Waals surface area contributed by atoms with Crippen molar-refractivity contribution >= 4 is 21.4 Å². The summed E-state index contributed by atoms with van der Waals surface area (Å²) in [5.74, 6) is -1.77. The monoisotopic (exact) mass is 564 g/mol. The maximum Gasteiger partial charge on any atom is 0.413 e. The van der Waals surface area contributed by atoms with E-state index in [0.29, 0.717) is 12.1 Å². The molecule has 1 aromatic carbocycles. The Morgan fingerprint density at radius 1 is 1.08 bits per heavy atom. The molecule has 1 aliphatic carbocycles. The first-order valence-electron chi connectivity index (χ1n) is 12.9. The number of rotatable bonds is 3. The van der Waals surface area contributed by atoms with Gasteiger partial charge in [0.25, 0.3) is 0 Å². The maximum atomic E-state index is 14.4. The summed E-state index contributed by atoms with van der Waals surface area (Å²) in [7, 11) is -3.26. The summed E-state index contributed by atoms with van der Waals surface area (Å²) in [5.41, 5.74) is 1.39. The minimum atomic E-state index is -4.70. The molecule has 2 aromatic heterocycles. The van der Waals surface area contributed by atoms with E-state index in [0.717, 1.165) is 21.7 Å². The number of amides is 1. The zero-order chi connectivity index (χ0) is 28.0. The van der Waals surface area contributed by atoms with Crippen molar-refractivity contribution in [1.29, 1.82) is 0 Å². The molecule has 2 saturated heterocycles. The molecular formula is C27H28F4N4O3S. The highest BCUT2D eigenvalue weighted by Crippen LogP contribution is 2.50. The van der Waals surface area contributed by atoms with Gasteiger partial charge in [-0.1, -0.05) is 38.1 Å². The number of carbonyl (C=O) groups excluding carboxylic acids is 1. The second kappa shape index (κ2) is 8.49. The van der Waals surface area contributed by atoms with E-state index in [9.17, 15) is 30.8 Å². The van der Waals surface area contributed by atoms with Crippen LogP contribution in [-0.4, -0.2) is 58.0 Å². The predicted molar refractivity (Wildman–Crippen MR) is 134 cm³/mol. The third-order valence-electron chi connectivity index (χ3n) is 8.82. The summed E-state index contributed by atoms with van der Waals surface area (Å²) in [6, 6.07) is 5.29. The number of benzene rings is 1. The van der Waals surface area contributed by atoms with Crippen LogP contribution in [0.15, 0.2) is 36.5 Å². The number of nitrogens with zero attached hydrogens (tertiary/aromatic N) is 4. The van der Waals surface area contributed by atoms with Crippen molar-refractivity contribution < 1.29 is 30.8 Å². The standard InChI is InChI=1S/C27H28F4N4O3S/c1-25(2)14-18(19-15-32-21-13-20(28)33-35(21)23(19)25)16-3-5-17(6-4-16)22(27(29,30)31)34-10-7-26(24(34)36)8-11-39(37,38)12-9-26/h3-6,13,15,18,22H,7-12,14H2,1-2H3/t18-,22-/m0/s1. The van der Waals surface area contributed by atoms with Gasteiger partial charge in [-0.05, 0) is 36.8 Å². The molecule has 208 valence electrons. The van der Waals surface area contributed by atoms with Crippen molar-refractivity contribution in [3.8, 4) is 0 Å². The number of carbonyl (C=O) groups is 1. The number of fused-ring (bicyclic) bond motifs is 3. The first-order valence-corrected chi connectivity index (χ1v) is 14.8. The zero-order valence-corrected chi connectivity index (χ0v) is 22.3. The molecular weight excluding hydrogens is 536 g/mol. The first kappa shape index (κ1) is 26.2. The van der Waals surface area contributed by atoms with E-state index >= 15 is 0 Å². The van der Waals surface area contributed by atoms with Gasteiger partial charge in [-0.2, -0.15) is 17.6 Å². The van der Waals surface area contributed by atoms with Gasteiger partial charge in [0.1, 0.15) is 9.84 Å². The molecule has 6 rings (SSSR count). The third kappa shape index (κ3) is 4.22. The molecule has 12 heteroatoms. The fraction of sp³-hybridized carbons (Fsp3) is 0.519. The summed E-state index contributed by atoms with van der Waals surface area (Å²) in [4.78, 5) is 18.6. The Bertz CT molecular complexity index is 1570. The number of aromatic nitrogens is 3. The van der Waals surface area contributed by atoms with Crippen LogP contribution in [0.1, 0.15) is 73.9 Å². The van der Waals surface area contributed by atoms with E-state index in [2.05, 4.69) is 10.1 Å². The minimum absolute atomic E-state index is 0.0414. The molecule has 3 aliphatic rings. The lowest BCUT2D eigenvalue weighted by Crippen LogP contribution is -2.45. The fourth-order valence-corrected chi connectivity index (χ4v) is 8.42. The molecule has 0 bridgehead atoms. The summed E-state index contributed by atoms with van der Waals surface area (Å²) >= 11 is 0. The van der Waals surface area contributed by atoms with Crippen LogP contribution in [0.4, 0.5) is 17.6 Å². The Kier molecular flexibility index (Phi) is 5.71. The molecule has 7 nitrogen and oxygen atoms in total. The molecule has 1 spiro atoms. The quantitative estimate of drug-likeness (QED) is 0.430. The number of likely N-dealkylation sites (tertiary alicyclic amines) is 1. The van der Waals surface area contributed by atoms with Crippen molar-refractivity contribution in [1.82, 2.24) is 19.5 Å². The van der Waals surface area contributed by atoms with Crippen LogP contribution >= 0.6 is 0 Å². The molecule has 3 aromatic rings. The Morgan fingerprint density at radius 3 is 2.38 bits per heavy atom. The molecule has 2 aliphatic heterocycles.